The molecule has 15 heavy (non-hydrogen) atoms. The zero-order valence-electron chi connectivity index (χ0n) is 8.74. The zero-order valence-corrected chi connectivity index (χ0v) is 9.50. The quantitative estimate of drug-likeness (QED) is 0.802. The van der Waals surface area contributed by atoms with E-state index in [1.807, 2.05) is 12.1 Å². The third-order valence-corrected chi connectivity index (χ3v) is 3.27. The van der Waals surface area contributed by atoms with Crippen LogP contribution in [0, 0.1) is 0 Å². The van der Waals surface area contributed by atoms with E-state index < -0.39 is 0 Å². The molecule has 4 heteroatoms. The predicted octanol–water partition coefficient (Wildman–Crippen LogP) is 1.98. The normalized spacial score (nSPS) is 19.4. The molecule has 0 saturated carbocycles. The molecule has 0 amide bonds. The van der Waals surface area contributed by atoms with Gasteiger partial charge in [0.15, 0.2) is 0 Å². The first-order valence-electron chi connectivity index (χ1n) is 5.13. The Morgan fingerprint density at radius 2 is 2.40 bits per heavy atom. The monoisotopic (exact) mass is 226 g/mol. The Morgan fingerprint density at radius 1 is 1.60 bits per heavy atom. The molecule has 0 fully saturated rings. The van der Waals surface area contributed by atoms with Gasteiger partial charge in [0, 0.05) is 17.3 Å². The molecule has 0 spiro atoms. The second-order valence-electron chi connectivity index (χ2n) is 3.71. The number of hydrogen-bond acceptors (Lipinski definition) is 3. The summed E-state index contributed by atoms with van der Waals surface area (Å²) < 4.78 is 0. The van der Waals surface area contributed by atoms with Gasteiger partial charge in [-0.2, -0.15) is 0 Å². The lowest BCUT2D eigenvalue weighted by Gasteiger charge is -2.25. The van der Waals surface area contributed by atoms with Crippen LogP contribution in [0.15, 0.2) is 18.2 Å². The summed E-state index contributed by atoms with van der Waals surface area (Å²) in [5.74, 6) is 5.14. The Hall–Kier alpha value is -0.770. The van der Waals surface area contributed by atoms with Crippen molar-refractivity contribution in [2.24, 2.45) is 5.90 Å². The summed E-state index contributed by atoms with van der Waals surface area (Å²) in [7, 11) is 0. The standard InChI is InChI=1S/C11H15ClN2O/c1-2-14-8(7-15-13)6-9-10(12)4-3-5-11(9)14/h3-5,8H,2,6-7,13H2,1H3. The number of likely N-dealkylation sites (N-methyl/N-ethyl adjacent to an activating group) is 1. The third kappa shape index (κ3) is 1.83. The van der Waals surface area contributed by atoms with Crippen molar-refractivity contribution < 1.29 is 4.84 Å². The van der Waals surface area contributed by atoms with E-state index in [4.69, 9.17) is 22.3 Å². The number of fused-ring (bicyclic) bond motifs is 1. The van der Waals surface area contributed by atoms with Crippen molar-refractivity contribution in [3.8, 4) is 0 Å². The number of nitrogens with zero attached hydrogens (tertiary/aromatic N) is 1. The van der Waals surface area contributed by atoms with Crippen molar-refractivity contribution in [3.63, 3.8) is 0 Å². The maximum Gasteiger partial charge on any atom is 0.0885 e. The highest BCUT2D eigenvalue weighted by atomic mass is 35.5. The lowest BCUT2D eigenvalue weighted by molar-refractivity contribution is 0.123. The van der Waals surface area contributed by atoms with Crippen molar-refractivity contribution in [1.29, 1.82) is 0 Å². The van der Waals surface area contributed by atoms with Gasteiger partial charge in [0.1, 0.15) is 0 Å². The fourth-order valence-corrected chi connectivity index (χ4v) is 2.50. The molecule has 1 aromatic rings. The Morgan fingerprint density at radius 3 is 3.07 bits per heavy atom. The molecule has 0 saturated heterocycles. The van der Waals surface area contributed by atoms with Crippen molar-refractivity contribution in [1.82, 2.24) is 0 Å². The van der Waals surface area contributed by atoms with Gasteiger partial charge in [-0.25, -0.2) is 5.90 Å². The van der Waals surface area contributed by atoms with E-state index in [9.17, 15) is 0 Å². The maximum atomic E-state index is 6.16. The Bertz CT molecular complexity index is 356. The molecule has 0 bridgehead atoms. The SMILES string of the molecule is CCN1c2cccc(Cl)c2CC1CON. The van der Waals surface area contributed by atoms with E-state index >= 15 is 0 Å². The largest absolute Gasteiger partial charge is 0.366 e. The van der Waals surface area contributed by atoms with Gasteiger partial charge in [-0.3, -0.25) is 0 Å². The van der Waals surface area contributed by atoms with Gasteiger partial charge in [-0.15, -0.1) is 0 Å². The number of hydrogen-bond donors (Lipinski definition) is 1. The molecular formula is C11H15ClN2O. The van der Waals surface area contributed by atoms with E-state index in [-0.39, 0.29) is 0 Å². The molecule has 1 unspecified atom stereocenters. The summed E-state index contributed by atoms with van der Waals surface area (Å²) in [4.78, 5) is 7.03. The fourth-order valence-electron chi connectivity index (χ4n) is 2.25. The van der Waals surface area contributed by atoms with Gasteiger partial charge >= 0.3 is 0 Å². The second-order valence-corrected chi connectivity index (χ2v) is 4.12. The molecule has 0 aliphatic carbocycles. The van der Waals surface area contributed by atoms with Crippen LogP contribution in [0.2, 0.25) is 5.02 Å². The Kier molecular flexibility index (Phi) is 3.14. The smallest absolute Gasteiger partial charge is 0.0885 e. The molecule has 1 aliphatic heterocycles. The van der Waals surface area contributed by atoms with Crippen molar-refractivity contribution in [2.45, 2.75) is 19.4 Å². The van der Waals surface area contributed by atoms with Crippen molar-refractivity contribution in [3.05, 3.63) is 28.8 Å². The lowest BCUT2D eigenvalue weighted by Crippen LogP contribution is -2.36. The molecule has 1 heterocycles. The summed E-state index contributed by atoms with van der Waals surface area (Å²) in [5, 5.41) is 0.838. The van der Waals surface area contributed by atoms with Gasteiger partial charge < -0.3 is 9.74 Å². The molecular weight excluding hydrogens is 212 g/mol. The van der Waals surface area contributed by atoms with Gasteiger partial charge in [-0.1, -0.05) is 17.7 Å². The molecule has 1 aromatic carbocycles. The number of rotatable bonds is 3. The van der Waals surface area contributed by atoms with Crippen LogP contribution in [0.4, 0.5) is 5.69 Å². The van der Waals surface area contributed by atoms with Crippen molar-refractivity contribution in [2.75, 3.05) is 18.1 Å². The molecule has 2 N–H and O–H groups in total. The number of anilines is 1. The average molecular weight is 227 g/mol. The van der Waals surface area contributed by atoms with Crippen LogP contribution in [0.5, 0.6) is 0 Å². The first-order valence-corrected chi connectivity index (χ1v) is 5.51. The second kappa shape index (κ2) is 4.39. The van der Waals surface area contributed by atoms with Crippen LogP contribution in [-0.2, 0) is 11.3 Å². The Labute approximate surface area is 94.7 Å². The number of benzene rings is 1. The average Bonchev–Trinajstić information content (AvgIpc) is 2.58. The van der Waals surface area contributed by atoms with E-state index in [1.54, 1.807) is 0 Å². The molecule has 1 atom stereocenters. The van der Waals surface area contributed by atoms with Crippen LogP contribution in [0.25, 0.3) is 0 Å². The van der Waals surface area contributed by atoms with E-state index in [2.05, 4.69) is 17.9 Å². The summed E-state index contributed by atoms with van der Waals surface area (Å²) in [6, 6.07) is 6.33. The fraction of sp³-hybridized carbons (Fsp3) is 0.455. The van der Waals surface area contributed by atoms with Crippen LogP contribution in [0.3, 0.4) is 0 Å². The van der Waals surface area contributed by atoms with Crippen LogP contribution in [0.1, 0.15) is 12.5 Å². The Balaban J connectivity index is 2.32. The summed E-state index contributed by atoms with van der Waals surface area (Å²) in [5.41, 5.74) is 2.43. The van der Waals surface area contributed by atoms with E-state index in [0.29, 0.717) is 12.6 Å². The zero-order chi connectivity index (χ0) is 10.8. The van der Waals surface area contributed by atoms with Gasteiger partial charge in [0.25, 0.3) is 0 Å². The third-order valence-electron chi connectivity index (χ3n) is 2.91. The summed E-state index contributed by atoms with van der Waals surface area (Å²) >= 11 is 6.16. The number of halogens is 1. The molecule has 0 radical (unpaired) electrons. The topological polar surface area (TPSA) is 38.5 Å². The first kappa shape index (κ1) is 10.7. The molecule has 3 nitrogen and oxygen atoms in total. The molecule has 0 aromatic heterocycles. The minimum Gasteiger partial charge on any atom is -0.366 e. The van der Waals surface area contributed by atoms with Gasteiger partial charge in [0.05, 0.1) is 12.6 Å². The highest BCUT2D eigenvalue weighted by molar-refractivity contribution is 6.31. The van der Waals surface area contributed by atoms with E-state index in [0.717, 1.165) is 18.0 Å². The predicted molar refractivity (Wildman–Crippen MR) is 62.1 cm³/mol. The highest BCUT2D eigenvalue weighted by Gasteiger charge is 2.29. The number of nitrogens with two attached hydrogens (primary N) is 1. The highest BCUT2D eigenvalue weighted by Crippen LogP contribution is 2.36. The lowest BCUT2D eigenvalue weighted by atomic mass is 10.1. The van der Waals surface area contributed by atoms with Crippen LogP contribution < -0.4 is 10.8 Å². The molecule has 82 valence electrons. The first-order chi connectivity index (χ1) is 7.27. The minimum atomic E-state index is 0.315. The molecule has 1 aliphatic rings. The van der Waals surface area contributed by atoms with Crippen molar-refractivity contribution >= 4 is 17.3 Å². The van der Waals surface area contributed by atoms with Crippen LogP contribution >= 0.6 is 11.6 Å². The minimum absolute atomic E-state index is 0.315. The summed E-state index contributed by atoms with van der Waals surface area (Å²) in [6.07, 6.45) is 0.917. The van der Waals surface area contributed by atoms with E-state index in [1.165, 1.54) is 11.3 Å². The van der Waals surface area contributed by atoms with Gasteiger partial charge in [-0.05, 0) is 31.0 Å². The molecule has 2 rings (SSSR count). The maximum absolute atomic E-state index is 6.16. The summed E-state index contributed by atoms with van der Waals surface area (Å²) in [6.45, 7) is 3.61. The van der Waals surface area contributed by atoms with Gasteiger partial charge in [0.2, 0.25) is 0 Å². The van der Waals surface area contributed by atoms with Crippen LogP contribution in [-0.4, -0.2) is 19.2 Å².